The summed E-state index contributed by atoms with van der Waals surface area (Å²) in [5.41, 5.74) is 3.50. The van der Waals surface area contributed by atoms with Gasteiger partial charge in [-0.1, -0.05) is 11.6 Å². The number of aryl methyl sites for hydroxylation is 1. The molecule has 2 heterocycles. The molecule has 2 aromatic heterocycles. The molecule has 0 unspecified atom stereocenters. The Morgan fingerprint density at radius 2 is 2.12 bits per heavy atom. The van der Waals surface area contributed by atoms with E-state index in [1.165, 1.54) is 0 Å². The molecule has 2 rings (SSSR count). The van der Waals surface area contributed by atoms with Gasteiger partial charge in [0.05, 0.1) is 33.7 Å². The maximum atomic E-state index is 6.10. The van der Waals surface area contributed by atoms with Gasteiger partial charge in [-0.05, 0) is 26.0 Å². The van der Waals surface area contributed by atoms with E-state index < -0.39 is 0 Å². The van der Waals surface area contributed by atoms with Crippen molar-refractivity contribution in [3.8, 4) is 5.69 Å². The molecule has 5 heteroatoms. The predicted octanol–water partition coefficient (Wildman–Crippen LogP) is 3.28. The van der Waals surface area contributed by atoms with Gasteiger partial charge in [0, 0.05) is 6.20 Å². The number of nitrogens with zero attached hydrogens (tertiary/aromatic N) is 3. The summed E-state index contributed by atoms with van der Waals surface area (Å²) in [6, 6.07) is 3.79. The molecular weight excluding hydrogens is 245 g/mol. The van der Waals surface area contributed by atoms with Gasteiger partial charge in [0.25, 0.3) is 0 Å². The lowest BCUT2D eigenvalue weighted by atomic mass is 10.3. The Morgan fingerprint density at radius 1 is 1.38 bits per heavy atom. The third kappa shape index (κ3) is 1.93. The zero-order valence-corrected chi connectivity index (χ0v) is 10.5. The maximum absolute atomic E-state index is 6.10. The Hall–Kier alpha value is -1.06. The second-order valence-corrected chi connectivity index (χ2v) is 4.18. The van der Waals surface area contributed by atoms with Crippen molar-refractivity contribution in [2.75, 3.05) is 0 Å². The Bertz CT molecular complexity index is 520. The molecule has 0 N–H and O–H groups in total. The van der Waals surface area contributed by atoms with Crippen molar-refractivity contribution >= 4 is 23.2 Å². The number of rotatable bonds is 2. The average molecular weight is 256 g/mol. The van der Waals surface area contributed by atoms with E-state index in [9.17, 15) is 0 Å². The molecule has 0 bridgehead atoms. The van der Waals surface area contributed by atoms with E-state index in [2.05, 4.69) is 10.1 Å². The smallest absolute Gasteiger partial charge is 0.0848 e. The van der Waals surface area contributed by atoms with Crippen molar-refractivity contribution in [1.82, 2.24) is 14.8 Å². The van der Waals surface area contributed by atoms with Crippen LogP contribution in [-0.2, 0) is 5.88 Å². The minimum absolute atomic E-state index is 0.390. The molecule has 0 atom stereocenters. The van der Waals surface area contributed by atoms with Crippen molar-refractivity contribution in [2.24, 2.45) is 0 Å². The summed E-state index contributed by atoms with van der Waals surface area (Å²) in [7, 11) is 0. The van der Waals surface area contributed by atoms with E-state index in [-0.39, 0.29) is 0 Å². The molecule has 0 aliphatic heterocycles. The van der Waals surface area contributed by atoms with Gasteiger partial charge in [0.1, 0.15) is 0 Å². The lowest BCUT2D eigenvalue weighted by Gasteiger charge is -2.05. The minimum atomic E-state index is 0.390. The SMILES string of the molecule is Cc1nn(-c2ccnc(CCl)c2)c(C)c1Cl. The predicted molar refractivity (Wildman–Crippen MR) is 65.4 cm³/mol. The van der Waals surface area contributed by atoms with E-state index in [1.54, 1.807) is 10.9 Å². The molecule has 0 radical (unpaired) electrons. The molecule has 16 heavy (non-hydrogen) atoms. The molecular formula is C11H11Cl2N3. The highest BCUT2D eigenvalue weighted by atomic mass is 35.5. The summed E-state index contributed by atoms with van der Waals surface area (Å²) in [6.07, 6.45) is 1.72. The van der Waals surface area contributed by atoms with Crippen molar-refractivity contribution in [3.63, 3.8) is 0 Å². The lowest BCUT2D eigenvalue weighted by molar-refractivity contribution is 0.829. The second-order valence-electron chi connectivity index (χ2n) is 3.54. The van der Waals surface area contributed by atoms with Gasteiger partial charge in [-0.3, -0.25) is 4.98 Å². The number of aromatic nitrogens is 3. The fourth-order valence-electron chi connectivity index (χ4n) is 1.55. The van der Waals surface area contributed by atoms with Crippen LogP contribution < -0.4 is 0 Å². The Kier molecular flexibility index (Phi) is 3.17. The van der Waals surface area contributed by atoms with E-state index in [0.29, 0.717) is 10.9 Å². The highest BCUT2D eigenvalue weighted by Gasteiger charge is 2.10. The summed E-state index contributed by atoms with van der Waals surface area (Å²) < 4.78 is 1.80. The summed E-state index contributed by atoms with van der Waals surface area (Å²) in [5.74, 6) is 0.390. The Morgan fingerprint density at radius 3 is 2.69 bits per heavy atom. The van der Waals surface area contributed by atoms with Crippen LogP contribution in [0.2, 0.25) is 5.02 Å². The lowest BCUT2D eigenvalue weighted by Crippen LogP contribution is -2.00. The van der Waals surface area contributed by atoms with Crippen LogP contribution in [0.5, 0.6) is 0 Å². The van der Waals surface area contributed by atoms with Crippen molar-refractivity contribution in [3.05, 3.63) is 40.4 Å². The van der Waals surface area contributed by atoms with Crippen LogP contribution in [-0.4, -0.2) is 14.8 Å². The van der Waals surface area contributed by atoms with Crippen LogP contribution in [0.3, 0.4) is 0 Å². The fourth-order valence-corrected chi connectivity index (χ4v) is 1.81. The second kappa shape index (κ2) is 4.44. The average Bonchev–Trinajstić information content (AvgIpc) is 2.57. The van der Waals surface area contributed by atoms with Crippen LogP contribution >= 0.6 is 23.2 Å². The topological polar surface area (TPSA) is 30.7 Å². The molecule has 0 aliphatic carbocycles. The molecule has 0 aliphatic rings. The highest BCUT2D eigenvalue weighted by Crippen LogP contribution is 2.22. The largest absolute Gasteiger partial charge is 0.260 e. The zero-order valence-electron chi connectivity index (χ0n) is 9.04. The number of alkyl halides is 1. The van der Waals surface area contributed by atoms with E-state index >= 15 is 0 Å². The van der Waals surface area contributed by atoms with Gasteiger partial charge in [0.2, 0.25) is 0 Å². The van der Waals surface area contributed by atoms with Gasteiger partial charge in [-0.15, -0.1) is 11.6 Å². The summed E-state index contributed by atoms with van der Waals surface area (Å²) in [5, 5.41) is 5.07. The zero-order chi connectivity index (χ0) is 11.7. The minimum Gasteiger partial charge on any atom is -0.260 e. The molecule has 0 saturated heterocycles. The molecule has 3 nitrogen and oxygen atoms in total. The highest BCUT2D eigenvalue weighted by molar-refractivity contribution is 6.31. The normalized spacial score (nSPS) is 10.8. The van der Waals surface area contributed by atoms with Crippen molar-refractivity contribution in [1.29, 1.82) is 0 Å². The number of halogens is 2. The summed E-state index contributed by atoms with van der Waals surface area (Å²) in [4.78, 5) is 4.14. The number of pyridine rings is 1. The first-order chi connectivity index (χ1) is 7.63. The van der Waals surface area contributed by atoms with E-state index in [4.69, 9.17) is 23.2 Å². The molecule has 0 amide bonds. The first-order valence-corrected chi connectivity index (χ1v) is 5.77. The van der Waals surface area contributed by atoms with Crippen LogP contribution in [0.4, 0.5) is 0 Å². The molecule has 0 spiro atoms. The summed E-state index contributed by atoms with van der Waals surface area (Å²) >= 11 is 11.8. The first kappa shape index (κ1) is 11.4. The number of hydrogen-bond acceptors (Lipinski definition) is 2. The maximum Gasteiger partial charge on any atom is 0.0848 e. The van der Waals surface area contributed by atoms with Gasteiger partial charge in [-0.2, -0.15) is 5.10 Å². The molecule has 0 fully saturated rings. The van der Waals surface area contributed by atoms with Crippen LogP contribution in [0.15, 0.2) is 18.3 Å². The Labute approximate surface area is 104 Å². The summed E-state index contributed by atoms with van der Waals surface area (Å²) in [6.45, 7) is 3.82. The van der Waals surface area contributed by atoms with Crippen molar-refractivity contribution in [2.45, 2.75) is 19.7 Å². The van der Waals surface area contributed by atoms with E-state index in [1.807, 2.05) is 26.0 Å². The fraction of sp³-hybridized carbons (Fsp3) is 0.273. The van der Waals surface area contributed by atoms with Gasteiger partial charge in [-0.25, -0.2) is 4.68 Å². The monoisotopic (exact) mass is 255 g/mol. The molecule has 2 aromatic rings. The van der Waals surface area contributed by atoms with Gasteiger partial charge in [0.15, 0.2) is 0 Å². The van der Waals surface area contributed by atoms with Crippen molar-refractivity contribution < 1.29 is 0 Å². The quantitative estimate of drug-likeness (QED) is 0.772. The third-order valence-electron chi connectivity index (χ3n) is 2.38. The van der Waals surface area contributed by atoms with Crippen LogP contribution in [0, 0.1) is 13.8 Å². The number of hydrogen-bond donors (Lipinski definition) is 0. The molecule has 0 aromatic carbocycles. The standard InChI is InChI=1S/C11H11Cl2N3/c1-7-11(13)8(2)16(15-7)10-3-4-14-9(5-10)6-12/h3-5H,6H2,1-2H3. The van der Waals surface area contributed by atoms with Gasteiger partial charge >= 0.3 is 0 Å². The first-order valence-electron chi connectivity index (χ1n) is 4.86. The van der Waals surface area contributed by atoms with Gasteiger partial charge < -0.3 is 0 Å². The van der Waals surface area contributed by atoms with Crippen LogP contribution in [0.25, 0.3) is 5.69 Å². The molecule has 0 saturated carbocycles. The third-order valence-corrected chi connectivity index (χ3v) is 3.21. The van der Waals surface area contributed by atoms with E-state index in [0.717, 1.165) is 22.8 Å². The Balaban J connectivity index is 2.54. The molecule has 84 valence electrons. The van der Waals surface area contributed by atoms with Crippen LogP contribution in [0.1, 0.15) is 17.1 Å².